The van der Waals surface area contributed by atoms with Crippen LogP contribution in [0.2, 0.25) is 0 Å². The number of anilines is 1. The van der Waals surface area contributed by atoms with Gasteiger partial charge in [-0.15, -0.1) is 0 Å². The lowest BCUT2D eigenvalue weighted by molar-refractivity contribution is -0.113. The first kappa shape index (κ1) is 18.8. The zero-order chi connectivity index (χ0) is 19.2. The summed E-state index contributed by atoms with van der Waals surface area (Å²) in [4.78, 5) is 16.6. The van der Waals surface area contributed by atoms with Crippen LogP contribution in [0.3, 0.4) is 0 Å². The number of hydrogen-bond acceptors (Lipinski definition) is 5. The average molecular weight is 383 g/mol. The number of benzene rings is 2. The predicted molar refractivity (Wildman–Crippen MR) is 107 cm³/mol. The summed E-state index contributed by atoms with van der Waals surface area (Å²) >= 11 is 1.36. The molecular formula is C20H21N3O3S. The van der Waals surface area contributed by atoms with Gasteiger partial charge in [0.05, 0.1) is 25.7 Å². The maximum atomic E-state index is 12.2. The molecule has 1 amide bonds. The maximum Gasteiger partial charge on any atom is 0.234 e. The van der Waals surface area contributed by atoms with Gasteiger partial charge in [-0.1, -0.05) is 29.5 Å². The Morgan fingerprint density at radius 1 is 1.15 bits per heavy atom. The van der Waals surface area contributed by atoms with E-state index in [0.29, 0.717) is 16.7 Å². The van der Waals surface area contributed by atoms with Crippen LogP contribution in [0.4, 0.5) is 5.69 Å². The lowest BCUT2D eigenvalue weighted by Crippen LogP contribution is -2.14. The fourth-order valence-corrected chi connectivity index (χ4v) is 3.29. The van der Waals surface area contributed by atoms with Gasteiger partial charge in [-0.05, 0) is 31.2 Å². The number of carbonyl (C=O) groups excluding carboxylic acids is 1. The molecule has 1 aromatic heterocycles. The van der Waals surface area contributed by atoms with Gasteiger partial charge >= 0.3 is 0 Å². The van der Waals surface area contributed by atoms with Gasteiger partial charge in [0.25, 0.3) is 0 Å². The van der Waals surface area contributed by atoms with Crippen molar-refractivity contribution in [2.24, 2.45) is 0 Å². The van der Waals surface area contributed by atoms with E-state index in [0.717, 1.165) is 16.9 Å². The van der Waals surface area contributed by atoms with Crippen LogP contribution in [0.1, 0.15) is 5.56 Å². The molecule has 0 bridgehead atoms. The number of nitrogens with zero attached hydrogens (tertiary/aromatic N) is 2. The van der Waals surface area contributed by atoms with Crippen LogP contribution in [-0.2, 0) is 4.79 Å². The Bertz CT molecular complexity index is 922. The van der Waals surface area contributed by atoms with Crippen LogP contribution in [-0.4, -0.2) is 35.4 Å². The van der Waals surface area contributed by atoms with E-state index in [1.54, 1.807) is 20.4 Å². The molecule has 0 radical (unpaired) electrons. The smallest absolute Gasteiger partial charge is 0.234 e. The highest BCUT2D eigenvalue weighted by Gasteiger charge is 2.13. The van der Waals surface area contributed by atoms with Crippen LogP contribution >= 0.6 is 11.8 Å². The minimum Gasteiger partial charge on any atom is -0.497 e. The molecule has 140 valence electrons. The molecule has 0 unspecified atom stereocenters. The van der Waals surface area contributed by atoms with E-state index in [-0.39, 0.29) is 11.7 Å². The summed E-state index contributed by atoms with van der Waals surface area (Å²) in [6.07, 6.45) is 3.54. The number of thioether (sulfide) groups is 1. The summed E-state index contributed by atoms with van der Waals surface area (Å²) in [5.41, 5.74) is 2.77. The molecule has 7 heteroatoms. The molecule has 2 aromatic carbocycles. The van der Waals surface area contributed by atoms with Crippen molar-refractivity contribution in [1.29, 1.82) is 0 Å². The third kappa shape index (κ3) is 4.62. The zero-order valence-electron chi connectivity index (χ0n) is 15.4. The third-order valence-corrected chi connectivity index (χ3v) is 4.89. The molecule has 1 heterocycles. The van der Waals surface area contributed by atoms with E-state index in [2.05, 4.69) is 10.3 Å². The molecule has 0 saturated carbocycles. The minimum absolute atomic E-state index is 0.0832. The third-order valence-electron chi connectivity index (χ3n) is 3.92. The Morgan fingerprint density at radius 3 is 2.63 bits per heavy atom. The first-order valence-corrected chi connectivity index (χ1v) is 9.34. The number of ether oxygens (including phenoxy) is 2. The van der Waals surface area contributed by atoms with Gasteiger partial charge in [-0.2, -0.15) is 0 Å². The van der Waals surface area contributed by atoms with E-state index < -0.39 is 0 Å². The summed E-state index contributed by atoms with van der Waals surface area (Å²) in [7, 11) is 3.22. The first-order valence-electron chi connectivity index (χ1n) is 8.36. The van der Waals surface area contributed by atoms with E-state index in [1.807, 2.05) is 60.2 Å². The van der Waals surface area contributed by atoms with Gasteiger partial charge in [0.2, 0.25) is 5.91 Å². The number of rotatable bonds is 7. The van der Waals surface area contributed by atoms with E-state index in [4.69, 9.17) is 9.47 Å². The highest BCUT2D eigenvalue weighted by molar-refractivity contribution is 7.99. The number of hydrogen-bond donors (Lipinski definition) is 1. The second-order valence-corrected chi connectivity index (χ2v) is 6.76. The Morgan fingerprint density at radius 2 is 1.93 bits per heavy atom. The molecule has 0 spiro atoms. The first-order chi connectivity index (χ1) is 13.1. The molecule has 27 heavy (non-hydrogen) atoms. The van der Waals surface area contributed by atoms with Crippen LogP contribution in [0, 0.1) is 6.92 Å². The summed E-state index contributed by atoms with van der Waals surface area (Å²) in [6.45, 7) is 2.01. The van der Waals surface area contributed by atoms with Crippen molar-refractivity contribution in [2.45, 2.75) is 12.1 Å². The van der Waals surface area contributed by atoms with Crippen molar-refractivity contribution in [3.05, 3.63) is 60.4 Å². The number of imidazole rings is 1. The normalized spacial score (nSPS) is 10.5. The molecule has 0 fully saturated rings. The Kier molecular flexibility index (Phi) is 6.03. The lowest BCUT2D eigenvalue weighted by Gasteiger charge is -2.13. The van der Waals surface area contributed by atoms with Crippen molar-refractivity contribution in [3.8, 4) is 17.2 Å². The quantitative estimate of drug-likeness (QED) is 0.626. The van der Waals surface area contributed by atoms with Crippen molar-refractivity contribution in [2.75, 3.05) is 25.3 Å². The maximum absolute atomic E-state index is 12.2. The molecule has 3 aromatic rings. The van der Waals surface area contributed by atoms with Gasteiger partial charge in [0, 0.05) is 24.1 Å². The number of carbonyl (C=O) groups is 1. The molecule has 1 N–H and O–H groups in total. The zero-order valence-corrected chi connectivity index (χ0v) is 16.2. The second kappa shape index (κ2) is 8.64. The number of aromatic nitrogens is 2. The molecule has 0 aliphatic heterocycles. The van der Waals surface area contributed by atoms with Crippen LogP contribution in [0.25, 0.3) is 5.69 Å². The van der Waals surface area contributed by atoms with Crippen LogP contribution in [0.15, 0.2) is 60.0 Å². The standard InChI is InChI=1S/C20H21N3O3S/c1-14-4-6-15(7-5-14)22-19(24)13-27-20-21-10-11-23(20)17-9-8-16(25-2)12-18(17)26-3/h4-12H,13H2,1-3H3,(H,22,24). The Balaban J connectivity index is 1.70. The summed E-state index contributed by atoms with van der Waals surface area (Å²) in [6, 6.07) is 13.3. The van der Waals surface area contributed by atoms with E-state index in [1.165, 1.54) is 11.8 Å². The summed E-state index contributed by atoms with van der Waals surface area (Å²) < 4.78 is 12.6. The SMILES string of the molecule is COc1ccc(-n2ccnc2SCC(=O)Nc2ccc(C)cc2)c(OC)c1. The van der Waals surface area contributed by atoms with Gasteiger partial charge in [-0.3, -0.25) is 9.36 Å². The average Bonchev–Trinajstić information content (AvgIpc) is 3.16. The molecule has 3 rings (SSSR count). The Labute approximate surface area is 162 Å². The molecule has 0 saturated heterocycles. The number of methoxy groups -OCH3 is 2. The van der Waals surface area contributed by atoms with Crippen molar-refractivity contribution < 1.29 is 14.3 Å². The molecule has 0 aliphatic carbocycles. The van der Waals surface area contributed by atoms with Gasteiger partial charge in [0.15, 0.2) is 5.16 Å². The second-order valence-electron chi connectivity index (χ2n) is 5.82. The van der Waals surface area contributed by atoms with Gasteiger partial charge in [0.1, 0.15) is 11.5 Å². The fourth-order valence-electron chi connectivity index (χ4n) is 2.53. The van der Waals surface area contributed by atoms with Crippen molar-refractivity contribution >= 4 is 23.4 Å². The fraction of sp³-hybridized carbons (Fsp3) is 0.200. The van der Waals surface area contributed by atoms with E-state index in [9.17, 15) is 4.79 Å². The molecule has 0 atom stereocenters. The minimum atomic E-state index is -0.0832. The molecule has 0 aliphatic rings. The summed E-state index contributed by atoms with van der Waals surface area (Å²) in [5, 5.41) is 3.60. The molecular weight excluding hydrogens is 362 g/mol. The number of amides is 1. The predicted octanol–water partition coefficient (Wildman–Crippen LogP) is 3.93. The van der Waals surface area contributed by atoms with Crippen LogP contribution < -0.4 is 14.8 Å². The summed E-state index contributed by atoms with van der Waals surface area (Å²) in [5.74, 6) is 1.55. The number of nitrogens with one attached hydrogen (secondary N) is 1. The monoisotopic (exact) mass is 383 g/mol. The Hall–Kier alpha value is -2.93. The van der Waals surface area contributed by atoms with Gasteiger partial charge in [-0.25, -0.2) is 4.98 Å². The molecule has 6 nitrogen and oxygen atoms in total. The van der Waals surface area contributed by atoms with Crippen molar-refractivity contribution in [3.63, 3.8) is 0 Å². The number of aryl methyl sites for hydroxylation is 1. The van der Waals surface area contributed by atoms with E-state index >= 15 is 0 Å². The highest BCUT2D eigenvalue weighted by atomic mass is 32.2. The highest BCUT2D eigenvalue weighted by Crippen LogP contribution is 2.30. The van der Waals surface area contributed by atoms with Gasteiger partial charge < -0.3 is 14.8 Å². The lowest BCUT2D eigenvalue weighted by atomic mass is 10.2. The largest absolute Gasteiger partial charge is 0.497 e. The topological polar surface area (TPSA) is 65.4 Å². The van der Waals surface area contributed by atoms with Crippen LogP contribution in [0.5, 0.6) is 11.5 Å². The van der Waals surface area contributed by atoms with Crippen molar-refractivity contribution in [1.82, 2.24) is 9.55 Å².